The fourth-order valence-corrected chi connectivity index (χ4v) is 2.02. The molecule has 0 saturated carbocycles. The number of amides is 1. The van der Waals surface area contributed by atoms with Crippen LogP contribution >= 0.6 is 11.6 Å². The molecule has 1 aromatic rings. The van der Waals surface area contributed by atoms with Crippen molar-refractivity contribution in [3.8, 4) is 0 Å². The molecule has 1 aliphatic rings. The molecule has 0 radical (unpaired) electrons. The van der Waals surface area contributed by atoms with Gasteiger partial charge in [0.1, 0.15) is 5.56 Å². The molecular weight excluding hydrogens is 258 g/mol. The number of nitro groups is 1. The summed E-state index contributed by atoms with van der Waals surface area (Å²) in [5.74, 6) is -0.418. The normalized spacial score (nSPS) is 15.0. The predicted octanol–water partition coefficient (Wildman–Crippen LogP) is 1.29. The van der Waals surface area contributed by atoms with E-state index in [2.05, 4.69) is 5.32 Å². The second-order valence-corrected chi connectivity index (χ2v) is 4.53. The highest BCUT2D eigenvalue weighted by atomic mass is 35.5. The second-order valence-electron chi connectivity index (χ2n) is 4.12. The zero-order chi connectivity index (χ0) is 13.3. The third-order valence-electron chi connectivity index (χ3n) is 3.03. The van der Waals surface area contributed by atoms with Gasteiger partial charge in [0, 0.05) is 26.2 Å². The maximum absolute atomic E-state index is 12.2. The van der Waals surface area contributed by atoms with Crippen molar-refractivity contribution in [1.29, 1.82) is 0 Å². The largest absolute Gasteiger partial charge is 0.336 e. The Kier molecular flexibility index (Phi) is 3.49. The number of likely N-dealkylation sites (N-methyl/N-ethyl adjacent to an activating group) is 1. The fourth-order valence-electron chi connectivity index (χ4n) is 1.77. The topological polar surface area (TPSA) is 75.5 Å². The van der Waals surface area contributed by atoms with Crippen LogP contribution in [0.3, 0.4) is 0 Å². The van der Waals surface area contributed by atoms with Crippen LogP contribution < -0.4 is 5.32 Å². The summed E-state index contributed by atoms with van der Waals surface area (Å²) in [5, 5.41) is 14.1. The third-order valence-corrected chi connectivity index (χ3v) is 3.35. The minimum Gasteiger partial charge on any atom is -0.336 e. The average molecular weight is 270 g/mol. The monoisotopic (exact) mass is 269 g/mol. The summed E-state index contributed by atoms with van der Waals surface area (Å²) in [7, 11) is 1.63. The van der Waals surface area contributed by atoms with Crippen molar-refractivity contribution in [2.24, 2.45) is 0 Å². The van der Waals surface area contributed by atoms with Crippen molar-refractivity contribution < 1.29 is 9.72 Å². The highest BCUT2D eigenvalue weighted by Gasteiger charge is 2.31. The zero-order valence-electron chi connectivity index (χ0n) is 9.72. The molecular formula is C11H12ClN3O3. The van der Waals surface area contributed by atoms with Crippen molar-refractivity contribution in [2.75, 3.05) is 20.1 Å². The molecule has 96 valence electrons. The molecule has 1 aromatic carbocycles. The molecule has 1 amide bonds. The molecule has 6 nitrogen and oxygen atoms in total. The Bertz CT molecular complexity index is 502. The van der Waals surface area contributed by atoms with Gasteiger partial charge in [0.05, 0.1) is 16.0 Å². The van der Waals surface area contributed by atoms with E-state index in [1.165, 1.54) is 23.1 Å². The Morgan fingerprint density at radius 2 is 2.22 bits per heavy atom. The molecule has 0 unspecified atom stereocenters. The lowest BCUT2D eigenvalue weighted by Crippen LogP contribution is -2.57. The van der Waals surface area contributed by atoms with Crippen molar-refractivity contribution >= 4 is 23.2 Å². The molecule has 18 heavy (non-hydrogen) atoms. The summed E-state index contributed by atoms with van der Waals surface area (Å²) in [6.07, 6.45) is 0. The molecule has 0 aliphatic carbocycles. The summed E-state index contributed by atoms with van der Waals surface area (Å²) in [6.45, 7) is 1.39. The van der Waals surface area contributed by atoms with Crippen LogP contribution in [0.25, 0.3) is 0 Å². The molecule has 1 fully saturated rings. The zero-order valence-corrected chi connectivity index (χ0v) is 10.5. The molecule has 1 N–H and O–H groups in total. The fraction of sp³-hybridized carbons (Fsp3) is 0.364. The van der Waals surface area contributed by atoms with E-state index in [1.807, 2.05) is 0 Å². The molecule has 0 atom stereocenters. The second kappa shape index (κ2) is 4.91. The Morgan fingerprint density at radius 3 is 2.72 bits per heavy atom. The van der Waals surface area contributed by atoms with E-state index in [1.54, 1.807) is 7.05 Å². The quantitative estimate of drug-likeness (QED) is 0.663. The van der Waals surface area contributed by atoms with Crippen LogP contribution in [0.4, 0.5) is 5.69 Å². The summed E-state index contributed by atoms with van der Waals surface area (Å²) < 4.78 is 0. The van der Waals surface area contributed by atoms with Crippen LogP contribution in [0, 0.1) is 10.1 Å². The number of hydrogen-bond acceptors (Lipinski definition) is 4. The first-order chi connectivity index (χ1) is 8.52. The van der Waals surface area contributed by atoms with Crippen LogP contribution in [0.1, 0.15) is 10.4 Å². The third kappa shape index (κ3) is 2.16. The highest BCUT2D eigenvalue weighted by Crippen LogP contribution is 2.28. The first-order valence-electron chi connectivity index (χ1n) is 5.43. The van der Waals surface area contributed by atoms with Crippen molar-refractivity contribution in [2.45, 2.75) is 6.04 Å². The Labute approximate surface area is 109 Å². The number of hydrogen-bond donors (Lipinski definition) is 1. The molecule has 0 spiro atoms. The number of nitrogens with one attached hydrogen (secondary N) is 1. The van der Waals surface area contributed by atoms with Gasteiger partial charge in [-0.05, 0) is 6.07 Å². The van der Waals surface area contributed by atoms with E-state index in [0.29, 0.717) is 13.1 Å². The standard InChI is InChI=1S/C11H12ClN3O3/c1-14(7-5-13-6-7)11(16)10-8(12)3-2-4-9(10)15(17)18/h2-4,7,13H,5-6H2,1H3. The van der Waals surface area contributed by atoms with Crippen LogP contribution in [0.15, 0.2) is 18.2 Å². The van der Waals surface area contributed by atoms with E-state index in [-0.39, 0.29) is 22.3 Å². The van der Waals surface area contributed by atoms with Crippen LogP contribution in [-0.4, -0.2) is 41.9 Å². The molecule has 1 saturated heterocycles. The SMILES string of the molecule is CN(C(=O)c1c(Cl)cccc1[N+](=O)[O-])C1CNC1. The van der Waals surface area contributed by atoms with Gasteiger partial charge in [-0.2, -0.15) is 0 Å². The lowest BCUT2D eigenvalue weighted by Gasteiger charge is -2.35. The maximum Gasteiger partial charge on any atom is 0.283 e. The van der Waals surface area contributed by atoms with Crippen LogP contribution in [0.5, 0.6) is 0 Å². The van der Waals surface area contributed by atoms with Gasteiger partial charge < -0.3 is 10.2 Å². The van der Waals surface area contributed by atoms with Gasteiger partial charge in [0.2, 0.25) is 0 Å². The van der Waals surface area contributed by atoms with Gasteiger partial charge in [-0.1, -0.05) is 17.7 Å². The van der Waals surface area contributed by atoms with E-state index in [4.69, 9.17) is 11.6 Å². The minimum absolute atomic E-state index is 0.0430. The first-order valence-corrected chi connectivity index (χ1v) is 5.81. The van der Waals surface area contributed by atoms with E-state index >= 15 is 0 Å². The van der Waals surface area contributed by atoms with Crippen LogP contribution in [0.2, 0.25) is 5.02 Å². The molecule has 1 heterocycles. The van der Waals surface area contributed by atoms with Crippen molar-refractivity contribution in [1.82, 2.24) is 10.2 Å². The highest BCUT2D eigenvalue weighted by molar-refractivity contribution is 6.34. The number of carbonyl (C=O) groups excluding carboxylic acids is 1. The van der Waals surface area contributed by atoms with E-state index in [9.17, 15) is 14.9 Å². The summed E-state index contributed by atoms with van der Waals surface area (Å²) in [4.78, 5) is 24.1. The Balaban J connectivity index is 2.36. The number of rotatable bonds is 3. The first kappa shape index (κ1) is 12.8. The van der Waals surface area contributed by atoms with Crippen LogP contribution in [-0.2, 0) is 0 Å². The predicted molar refractivity (Wildman–Crippen MR) is 66.9 cm³/mol. The number of benzene rings is 1. The van der Waals surface area contributed by atoms with Gasteiger partial charge in [-0.15, -0.1) is 0 Å². The Hall–Kier alpha value is -1.66. The molecule has 7 heteroatoms. The summed E-state index contributed by atoms with van der Waals surface area (Å²) in [5.41, 5.74) is -0.301. The lowest BCUT2D eigenvalue weighted by atomic mass is 10.1. The van der Waals surface area contributed by atoms with Gasteiger partial charge in [-0.25, -0.2) is 0 Å². The van der Waals surface area contributed by atoms with Crippen molar-refractivity contribution in [3.63, 3.8) is 0 Å². The van der Waals surface area contributed by atoms with Gasteiger partial charge in [-0.3, -0.25) is 14.9 Å². The number of nitro benzene ring substituents is 1. The number of carbonyl (C=O) groups is 1. The smallest absolute Gasteiger partial charge is 0.283 e. The van der Waals surface area contributed by atoms with Gasteiger partial charge in [0.25, 0.3) is 11.6 Å². The molecule has 0 bridgehead atoms. The van der Waals surface area contributed by atoms with E-state index < -0.39 is 10.8 Å². The van der Waals surface area contributed by atoms with Crippen molar-refractivity contribution in [3.05, 3.63) is 38.9 Å². The summed E-state index contributed by atoms with van der Waals surface area (Å²) >= 11 is 5.91. The van der Waals surface area contributed by atoms with Gasteiger partial charge in [0.15, 0.2) is 0 Å². The minimum atomic E-state index is -0.591. The molecule has 2 rings (SSSR count). The number of nitrogens with zero attached hydrogens (tertiary/aromatic N) is 2. The molecule has 1 aliphatic heterocycles. The molecule has 0 aromatic heterocycles. The Morgan fingerprint density at radius 1 is 1.56 bits per heavy atom. The number of halogens is 1. The summed E-state index contributed by atoms with van der Waals surface area (Å²) in [6, 6.07) is 4.29. The van der Waals surface area contributed by atoms with E-state index in [0.717, 1.165) is 0 Å². The maximum atomic E-state index is 12.2. The van der Waals surface area contributed by atoms with Gasteiger partial charge >= 0.3 is 0 Å². The lowest BCUT2D eigenvalue weighted by molar-refractivity contribution is -0.385. The average Bonchev–Trinajstić information content (AvgIpc) is 2.25.